The highest BCUT2D eigenvalue weighted by Gasteiger charge is 2.52. The number of likely N-dealkylation sites (tertiary alicyclic amines) is 1. The molecule has 0 bridgehead atoms. The molecular weight excluding hydrogens is 204 g/mol. The number of nitrogens with two attached hydrogens (primary N) is 1. The van der Waals surface area contributed by atoms with E-state index in [2.05, 4.69) is 0 Å². The number of nitrogens with zero attached hydrogens (tertiary/aromatic N) is 1. The lowest BCUT2D eigenvalue weighted by atomic mass is 9.84. The smallest absolute Gasteiger partial charge is 0.228 e. The van der Waals surface area contributed by atoms with Crippen LogP contribution >= 0.6 is 0 Å². The van der Waals surface area contributed by atoms with Crippen molar-refractivity contribution in [3.63, 3.8) is 0 Å². The Morgan fingerprint density at radius 2 is 2.06 bits per heavy atom. The normalized spacial score (nSPS) is 33.3. The van der Waals surface area contributed by atoms with Crippen LogP contribution in [0.4, 0.5) is 0 Å². The number of hydrogen-bond acceptors (Lipinski definition) is 3. The summed E-state index contributed by atoms with van der Waals surface area (Å²) < 4.78 is 5.36. The minimum Gasteiger partial charge on any atom is -0.381 e. The lowest BCUT2D eigenvalue weighted by Gasteiger charge is -2.49. The highest BCUT2D eigenvalue weighted by molar-refractivity contribution is 5.80. The molecule has 2 aliphatic heterocycles. The highest BCUT2D eigenvalue weighted by atomic mass is 16.5. The number of amides is 1. The Bertz CT molecular complexity index is 289. The predicted octanol–water partition coefficient (Wildman–Crippen LogP) is 0.363. The molecule has 4 heteroatoms. The third-order valence-corrected chi connectivity index (χ3v) is 4.18. The number of hydrogen-bond donors (Lipinski definition) is 1. The fourth-order valence-electron chi connectivity index (χ4n) is 2.93. The number of carbonyl (C=O) groups excluding carboxylic acids is 1. The van der Waals surface area contributed by atoms with Gasteiger partial charge in [0.05, 0.1) is 18.1 Å². The molecule has 1 saturated carbocycles. The summed E-state index contributed by atoms with van der Waals surface area (Å²) in [6.45, 7) is 2.96. The van der Waals surface area contributed by atoms with Gasteiger partial charge >= 0.3 is 0 Å². The largest absolute Gasteiger partial charge is 0.381 e. The van der Waals surface area contributed by atoms with Gasteiger partial charge in [-0.25, -0.2) is 0 Å². The average molecular weight is 224 g/mol. The van der Waals surface area contributed by atoms with Gasteiger partial charge in [0.15, 0.2) is 0 Å². The molecular formula is C12H20N2O2. The van der Waals surface area contributed by atoms with E-state index in [9.17, 15) is 4.79 Å². The van der Waals surface area contributed by atoms with Gasteiger partial charge in [-0.05, 0) is 31.6 Å². The second kappa shape index (κ2) is 3.70. The predicted molar refractivity (Wildman–Crippen MR) is 59.8 cm³/mol. The van der Waals surface area contributed by atoms with E-state index in [1.807, 2.05) is 4.90 Å². The third-order valence-electron chi connectivity index (χ3n) is 4.18. The van der Waals surface area contributed by atoms with E-state index < -0.39 is 0 Å². The van der Waals surface area contributed by atoms with Crippen molar-refractivity contribution in [2.75, 3.05) is 26.3 Å². The van der Waals surface area contributed by atoms with Crippen LogP contribution in [0.25, 0.3) is 0 Å². The summed E-state index contributed by atoms with van der Waals surface area (Å²) in [5.74, 6) is 1.04. The molecule has 1 aliphatic carbocycles. The Hall–Kier alpha value is -0.610. The van der Waals surface area contributed by atoms with Gasteiger partial charge in [0.25, 0.3) is 0 Å². The zero-order valence-electron chi connectivity index (χ0n) is 9.65. The minimum absolute atomic E-state index is 0.0504. The summed E-state index contributed by atoms with van der Waals surface area (Å²) in [6, 6.07) is 0. The first-order valence-corrected chi connectivity index (χ1v) is 6.34. The lowest BCUT2D eigenvalue weighted by Crippen LogP contribution is -2.70. The zero-order chi connectivity index (χ0) is 11.2. The maximum atomic E-state index is 12.1. The van der Waals surface area contributed by atoms with E-state index >= 15 is 0 Å². The van der Waals surface area contributed by atoms with Crippen LogP contribution in [0.3, 0.4) is 0 Å². The molecule has 2 N–H and O–H groups in total. The summed E-state index contributed by atoms with van der Waals surface area (Å²) in [6.07, 6.45) is 4.51. The van der Waals surface area contributed by atoms with Crippen molar-refractivity contribution in [3.05, 3.63) is 0 Å². The first-order chi connectivity index (χ1) is 7.69. The standard InChI is InChI=1S/C12H20N2O2/c13-12(10-3-4-10)7-14(8-12)11(15)9-2-1-5-16-6-9/h9-10H,1-8,13H2. The van der Waals surface area contributed by atoms with Gasteiger partial charge in [0.1, 0.15) is 0 Å². The lowest BCUT2D eigenvalue weighted by molar-refractivity contribution is -0.148. The molecule has 1 unspecified atom stereocenters. The van der Waals surface area contributed by atoms with Crippen molar-refractivity contribution >= 4 is 5.91 Å². The fourth-order valence-corrected chi connectivity index (χ4v) is 2.93. The van der Waals surface area contributed by atoms with Crippen LogP contribution in [0, 0.1) is 11.8 Å². The highest BCUT2D eigenvalue weighted by Crippen LogP contribution is 2.43. The molecule has 3 rings (SSSR count). The molecule has 3 aliphatic rings. The Kier molecular flexibility index (Phi) is 2.44. The maximum absolute atomic E-state index is 12.1. The molecule has 1 atom stereocenters. The third kappa shape index (κ3) is 1.74. The molecule has 0 aromatic carbocycles. The van der Waals surface area contributed by atoms with Gasteiger partial charge in [-0.3, -0.25) is 4.79 Å². The van der Waals surface area contributed by atoms with Crippen molar-refractivity contribution in [2.24, 2.45) is 17.6 Å². The first kappa shape index (κ1) is 10.5. The Labute approximate surface area is 96.1 Å². The van der Waals surface area contributed by atoms with Gasteiger partial charge < -0.3 is 15.4 Å². The molecule has 1 amide bonds. The summed E-state index contributed by atoms with van der Waals surface area (Å²) >= 11 is 0. The van der Waals surface area contributed by atoms with Crippen LogP contribution in [0.1, 0.15) is 25.7 Å². The van der Waals surface area contributed by atoms with Crippen LogP contribution in [0.5, 0.6) is 0 Å². The van der Waals surface area contributed by atoms with Crippen molar-refractivity contribution in [1.29, 1.82) is 0 Å². The van der Waals surface area contributed by atoms with E-state index in [1.54, 1.807) is 0 Å². The van der Waals surface area contributed by atoms with Crippen LogP contribution < -0.4 is 5.73 Å². The fraction of sp³-hybridized carbons (Fsp3) is 0.917. The zero-order valence-corrected chi connectivity index (χ0v) is 9.65. The van der Waals surface area contributed by atoms with Crippen LogP contribution in [0.2, 0.25) is 0 Å². The topological polar surface area (TPSA) is 55.6 Å². The molecule has 90 valence electrons. The summed E-state index contributed by atoms with van der Waals surface area (Å²) in [5.41, 5.74) is 6.19. The van der Waals surface area contributed by atoms with Gasteiger partial charge in [-0.2, -0.15) is 0 Å². The van der Waals surface area contributed by atoms with Crippen molar-refractivity contribution in [2.45, 2.75) is 31.2 Å². The van der Waals surface area contributed by atoms with Gasteiger partial charge in [0.2, 0.25) is 5.91 Å². The van der Waals surface area contributed by atoms with E-state index in [0.29, 0.717) is 12.5 Å². The van der Waals surface area contributed by atoms with Crippen LogP contribution in [-0.4, -0.2) is 42.6 Å². The van der Waals surface area contributed by atoms with Crippen molar-refractivity contribution in [3.8, 4) is 0 Å². The number of rotatable bonds is 2. The average Bonchev–Trinajstić information content (AvgIpc) is 3.09. The quantitative estimate of drug-likeness (QED) is 0.737. The molecule has 0 spiro atoms. The van der Waals surface area contributed by atoms with Crippen LogP contribution in [0.15, 0.2) is 0 Å². The van der Waals surface area contributed by atoms with E-state index in [4.69, 9.17) is 10.5 Å². The minimum atomic E-state index is -0.0504. The van der Waals surface area contributed by atoms with Gasteiger partial charge in [0, 0.05) is 19.7 Å². The molecule has 16 heavy (non-hydrogen) atoms. The SMILES string of the molecule is NC1(C2CC2)CN(C(=O)C2CCCOC2)C1. The summed E-state index contributed by atoms with van der Waals surface area (Å²) in [5, 5.41) is 0. The van der Waals surface area contributed by atoms with E-state index in [-0.39, 0.29) is 17.4 Å². The maximum Gasteiger partial charge on any atom is 0.228 e. The van der Waals surface area contributed by atoms with Gasteiger partial charge in [-0.15, -0.1) is 0 Å². The Morgan fingerprint density at radius 3 is 2.62 bits per heavy atom. The first-order valence-electron chi connectivity index (χ1n) is 6.34. The second-order valence-electron chi connectivity index (χ2n) is 5.62. The van der Waals surface area contributed by atoms with Crippen molar-refractivity contribution in [1.82, 2.24) is 4.90 Å². The molecule has 3 fully saturated rings. The summed E-state index contributed by atoms with van der Waals surface area (Å²) in [7, 11) is 0. The molecule has 0 aromatic heterocycles. The van der Waals surface area contributed by atoms with Crippen molar-refractivity contribution < 1.29 is 9.53 Å². The second-order valence-corrected chi connectivity index (χ2v) is 5.62. The van der Waals surface area contributed by atoms with Gasteiger partial charge in [-0.1, -0.05) is 0 Å². The van der Waals surface area contributed by atoms with E-state index in [0.717, 1.165) is 32.5 Å². The monoisotopic (exact) mass is 224 g/mol. The molecule has 0 aromatic rings. The molecule has 0 radical (unpaired) electrons. The molecule has 2 saturated heterocycles. The summed E-state index contributed by atoms with van der Waals surface area (Å²) in [4.78, 5) is 14.0. The Balaban J connectivity index is 1.53. The number of ether oxygens (including phenoxy) is 1. The molecule has 4 nitrogen and oxygen atoms in total. The molecule has 2 heterocycles. The van der Waals surface area contributed by atoms with Crippen LogP contribution in [-0.2, 0) is 9.53 Å². The Morgan fingerprint density at radius 1 is 1.31 bits per heavy atom. The van der Waals surface area contributed by atoms with E-state index in [1.165, 1.54) is 12.8 Å². The number of carbonyl (C=O) groups is 1.